The molecule has 6 nitrogen and oxygen atoms in total. The second-order valence-corrected chi connectivity index (χ2v) is 6.26. The Labute approximate surface area is 165 Å². The number of nitrogens with zero attached hydrogens (tertiary/aromatic N) is 1. The average Bonchev–Trinajstić information content (AvgIpc) is 3.12. The number of hydrogen-bond donors (Lipinski definition) is 1. The molecule has 1 aliphatic rings. The molecule has 0 atom stereocenters. The number of carbonyl (C=O) groups is 1. The SMILES string of the molecule is CCOc1cc(C(=O)N/N=C2/CCc3ccccc32)cc(OCC)c1OCC. The Kier molecular flexibility index (Phi) is 6.53. The number of nitrogens with one attached hydrogen (secondary N) is 1. The van der Waals surface area contributed by atoms with Crippen molar-refractivity contribution >= 4 is 11.6 Å². The molecule has 0 aromatic heterocycles. The molecular formula is C22H26N2O4. The van der Waals surface area contributed by atoms with Crippen LogP contribution >= 0.6 is 0 Å². The fourth-order valence-electron chi connectivity index (χ4n) is 3.23. The summed E-state index contributed by atoms with van der Waals surface area (Å²) in [6, 6.07) is 11.4. The summed E-state index contributed by atoms with van der Waals surface area (Å²) in [5.41, 5.74) is 6.33. The maximum atomic E-state index is 12.7. The topological polar surface area (TPSA) is 69.2 Å². The monoisotopic (exact) mass is 382 g/mol. The minimum absolute atomic E-state index is 0.318. The van der Waals surface area contributed by atoms with E-state index in [-0.39, 0.29) is 5.91 Å². The molecule has 0 saturated heterocycles. The van der Waals surface area contributed by atoms with Gasteiger partial charge in [0.05, 0.1) is 25.5 Å². The summed E-state index contributed by atoms with van der Waals surface area (Å²) in [6.45, 7) is 7.03. The van der Waals surface area contributed by atoms with Crippen LogP contribution in [0.2, 0.25) is 0 Å². The van der Waals surface area contributed by atoms with Crippen LogP contribution in [0.5, 0.6) is 17.2 Å². The third-order valence-corrected chi connectivity index (χ3v) is 4.42. The normalized spacial score (nSPS) is 13.9. The van der Waals surface area contributed by atoms with E-state index in [1.807, 2.05) is 39.0 Å². The van der Waals surface area contributed by atoms with Crippen molar-refractivity contribution in [3.05, 3.63) is 53.1 Å². The molecule has 0 bridgehead atoms. The van der Waals surface area contributed by atoms with Crippen LogP contribution in [0.15, 0.2) is 41.5 Å². The van der Waals surface area contributed by atoms with Crippen molar-refractivity contribution in [2.24, 2.45) is 5.10 Å². The van der Waals surface area contributed by atoms with Crippen molar-refractivity contribution < 1.29 is 19.0 Å². The summed E-state index contributed by atoms with van der Waals surface area (Å²) in [7, 11) is 0. The van der Waals surface area contributed by atoms with E-state index in [1.54, 1.807) is 12.1 Å². The first-order chi connectivity index (χ1) is 13.7. The van der Waals surface area contributed by atoms with Gasteiger partial charge in [-0.1, -0.05) is 24.3 Å². The van der Waals surface area contributed by atoms with Gasteiger partial charge in [0.25, 0.3) is 5.91 Å². The fraction of sp³-hybridized carbons (Fsp3) is 0.364. The number of benzene rings is 2. The van der Waals surface area contributed by atoms with Gasteiger partial charge >= 0.3 is 0 Å². The standard InChI is InChI=1S/C22H26N2O4/c1-4-26-19-13-16(14-20(27-5-2)21(19)28-6-3)22(25)24-23-18-12-11-15-9-7-8-10-17(15)18/h7-10,13-14H,4-6,11-12H2,1-3H3,(H,24,25)/b23-18-. The molecule has 3 rings (SSSR count). The van der Waals surface area contributed by atoms with Crippen LogP contribution in [0.1, 0.15) is 48.7 Å². The Bertz CT molecular complexity index is 850. The van der Waals surface area contributed by atoms with Crippen LogP contribution in [0.3, 0.4) is 0 Å². The highest BCUT2D eigenvalue weighted by Gasteiger charge is 2.20. The second kappa shape index (κ2) is 9.26. The molecule has 0 unspecified atom stereocenters. The zero-order valence-corrected chi connectivity index (χ0v) is 16.6. The molecule has 0 radical (unpaired) electrons. The van der Waals surface area contributed by atoms with Crippen LogP contribution in [0.4, 0.5) is 0 Å². The first-order valence-electron chi connectivity index (χ1n) is 9.69. The summed E-state index contributed by atoms with van der Waals surface area (Å²) in [4.78, 5) is 12.7. The molecule has 2 aromatic rings. The van der Waals surface area contributed by atoms with E-state index in [9.17, 15) is 4.79 Å². The van der Waals surface area contributed by atoms with Crippen molar-refractivity contribution in [1.29, 1.82) is 0 Å². The van der Waals surface area contributed by atoms with Crippen molar-refractivity contribution in [3.63, 3.8) is 0 Å². The minimum atomic E-state index is -0.318. The van der Waals surface area contributed by atoms with Gasteiger partial charge in [0.15, 0.2) is 11.5 Å². The van der Waals surface area contributed by atoms with Crippen LogP contribution in [-0.4, -0.2) is 31.4 Å². The lowest BCUT2D eigenvalue weighted by Crippen LogP contribution is -2.20. The Balaban J connectivity index is 1.86. The Morgan fingerprint density at radius 3 is 2.25 bits per heavy atom. The Hall–Kier alpha value is -3.02. The number of carbonyl (C=O) groups excluding carboxylic acids is 1. The van der Waals surface area contributed by atoms with E-state index in [4.69, 9.17) is 14.2 Å². The van der Waals surface area contributed by atoms with E-state index >= 15 is 0 Å². The van der Waals surface area contributed by atoms with E-state index < -0.39 is 0 Å². The van der Waals surface area contributed by atoms with Gasteiger partial charge in [0, 0.05) is 11.1 Å². The third kappa shape index (κ3) is 4.27. The number of hydrazone groups is 1. The second-order valence-electron chi connectivity index (χ2n) is 6.26. The van der Waals surface area contributed by atoms with Crippen molar-refractivity contribution in [2.75, 3.05) is 19.8 Å². The predicted octanol–water partition coefficient (Wildman–Crippen LogP) is 3.96. The summed E-state index contributed by atoms with van der Waals surface area (Å²) in [5, 5.41) is 4.36. The minimum Gasteiger partial charge on any atom is -0.490 e. The van der Waals surface area contributed by atoms with Gasteiger partial charge in [-0.25, -0.2) is 5.43 Å². The van der Waals surface area contributed by atoms with Gasteiger partial charge in [-0.3, -0.25) is 4.79 Å². The molecule has 28 heavy (non-hydrogen) atoms. The molecule has 0 aliphatic heterocycles. The van der Waals surface area contributed by atoms with Gasteiger partial charge in [-0.2, -0.15) is 5.10 Å². The van der Waals surface area contributed by atoms with Crippen molar-refractivity contribution in [2.45, 2.75) is 33.6 Å². The lowest BCUT2D eigenvalue weighted by molar-refractivity contribution is 0.0953. The van der Waals surface area contributed by atoms with Crippen LogP contribution < -0.4 is 19.6 Å². The summed E-state index contributed by atoms with van der Waals surface area (Å²) in [6.07, 6.45) is 1.76. The summed E-state index contributed by atoms with van der Waals surface area (Å²) in [5.74, 6) is 1.17. The first kappa shape index (κ1) is 19.7. The zero-order valence-electron chi connectivity index (χ0n) is 16.6. The molecule has 1 aliphatic carbocycles. The Morgan fingerprint density at radius 2 is 1.61 bits per heavy atom. The van der Waals surface area contributed by atoms with E-state index in [2.05, 4.69) is 16.6 Å². The maximum absolute atomic E-state index is 12.7. The number of ether oxygens (including phenoxy) is 3. The van der Waals surface area contributed by atoms with Gasteiger partial charge in [0.2, 0.25) is 5.75 Å². The number of amides is 1. The highest BCUT2D eigenvalue weighted by Crippen LogP contribution is 2.39. The number of aryl methyl sites for hydroxylation is 1. The maximum Gasteiger partial charge on any atom is 0.271 e. The van der Waals surface area contributed by atoms with Crippen LogP contribution in [0, 0.1) is 0 Å². The lowest BCUT2D eigenvalue weighted by Gasteiger charge is -2.16. The molecular weight excluding hydrogens is 356 g/mol. The number of fused-ring (bicyclic) bond motifs is 1. The third-order valence-electron chi connectivity index (χ3n) is 4.42. The number of rotatable bonds is 8. The van der Waals surface area contributed by atoms with Gasteiger partial charge in [-0.05, 0) is 51.3 Å². The molecule has 1 amide bonds. The summed E-state index contributed by atoms with van der Waals surface area (Å²) >= 11 is 0. The fourth-order valence-corrected chi connectivity index (χ4v) is 3.23. The van der Waals surface area contributed by atoms with Gasteiger partial charge in [-0.15, -0.1) is 0 Å². The van der Waals surface area contributed by atoms with Crippen molar-refractivity contribution in [1.82, 2.24) is 5.43 Å². The quantitative estimate of drug-likeness (QED) is 0.702. The van der Waals surface area contributed by atoms with E-state index in [0.717, 1.165) is 24.1 Å². The highest BCUT2D eigenvalue weighted by atomic mass is 16.5. The first-order valence-corrected chi connectivity index (χ1v) is 9.69. The summed E-state index contributed by atoms with van der Waals surface area (Å²) < 4.78 is 17.0. The van der Waals surface area contributed by atoms with E-state index in [1.165, 1.54) is 5.56 Å². The Morgan fingerprint density at radius 1 is 0.964 bits per heavy atom. The zero-order chi connectivity index (χ0) is 19.9. The molecule has 0 spiro atoms. The molecule has 0 saturated carbocycles. The van der Waals surface area contributed by atoms with Crippen LogP contribution in [0.25, 0.3) is 0 Å². The molecule has 6 heteroatoms. The lowest BCUT2D eigenvalue weighted by atomic mass is 10.1. The van der Waals surface area contributed by atoms with Gasteiger partial charge in [0.1, 0.15) is 0 Å². The number of hydrogen-bond acceptors (Lipinski definition) is 5. The molecule has 0 fully saturated rings. The molecule has 148 valence electrons. The molecule has 1 N–H and O–H groups in total. The highest BCUT2D eigenvalue weighted by molar-refractivity contribution is 6.05. The molecule has 0 heterocycles. The largest absolute Gasteiger partial charge is 0.490 e. The van der Waals surface area contributed by atoms with Gasteiger partial charge < -0.3 is 14.2 Å². The van der Waals surface area contributed by atoms with Crippen LogP contribution in [-0.2, 0) is 6.42 Å². The van der Waals surface area contributed by atoms with Crippen molar-refractivity contribution in [3.8, 4) is 17.2 Å². The van der Waals surface area contributed by atoms with E-state index in [0.29, 0.717) is 42.6 Å². The average molecular weight is 382 g/mol. The smallest absolute Gasteiger partial charge is 0.271 e. The predicted molar refractivity (Wildman–Crippen MR) is 109 cm³/mol. The molecule has 2 aromatic carbocycles.